The van der Waals surface area contributed by atoms with Crippen molar-refractivity contribution in [2.75, 3.05) is 10.6 Å². The molecule has 0 saturated carbocycles. The molecular formula is C25H26FN5O2. The Morgan fingerprint density at radius 3 is 2.58 bits per heavy atom. The van der Waals surface area contributed by atoms with Crippen LogP contribution in [0.2, 0.25) is 0 Å². The van der Waals surface area contributed by atoms with Crippen LogP contribution in [0.4, 0.5) is 21.5 Å². The minimum atomic E-state index is -0.340. The zero-order valence-electron chi connectivity index (χ0n) is 18.6. The van der Waals surface area contributed by atoms with Crippen molar-refractivity contribution in [1.29, 1.82) is 0 Å². The lowest BCUT2D eigenvalue weighted by Crippen LogP contribution is -2.14. The van der Waals surface area contributed by atoms with Crippen molar-refractivity contribution in [3.8, 4) is 0 Å². The first-order valence-corrected chi connectivity index (χ1v) is 10.9. The summed E-state index contributed by atoms with van der Waals surface area (Å²) in [7, 11) is 0. The molecule has 2 aromatic heterocycles. The smallest absolute Gasteiger partial charge is 0.258 e. The van der Waals surface area contributed by atoms with Gasteiger partial charge in [-0.3, -0.25) is 9.78 Å². The van der Waals surface area contributed by atoms with Gasteiger partial charge in [0.05, 0.1) is 35.3 Å². The van der Waals surface area contributed by atoms with Crippen molar-refractivity contribution >= 4 is 29.0 Å². The molecule has 2 atom stereocenters. The van der Waals surface area contributed by atoms with Crippen molar-refractivity contribution in [3.63, 3.8) is 0 Å². The molecule has 170 valence electrons. The number of ether oxygens (including phenoxy) is 1. The van der Waals surface area contributed by atoms with E-state index in [2.05, 4.69) is 39.4 Å². The van der Waals surface area contributed by atoms with Crippen LogP contribution in [0.3, 0.4) is 0 Å². The SMILES string of the molecule is CC1CCC(=Cc2ncc(C(=O)Nc3ccncc3Nc3ccc(F)cc3)cn2)CC(C)O1. The fourth-order valence-corrected chi connectivity index (χ4v) is 3.70. The van der Waals surface area contributed by atoms with Gasteiger partial charge in [0.2, 0.25) is 0 Å². The van der Waals surface area contributed by atoms with E-state index in [9.17, 15) is 9.18 Å². The molecule has 1 aliphatic heterocycles. The topological polar surface area (TPSA) is 89.0 Å². The second-order valence-electron chi connectivity index (χ2n) is 8.14. The minimum Gasteiger partial charge on any atom is -0.375 e. The van der Waals surface area contributed by atoms with E-state index in [1.54, 1.807) is 30.6 Å². The lowest BCUT2D eigenvalue weighted by atomic mass is 10.0. The van der Waals surface area contributed by atoms with Crippen LogP contribution in [0.1, 0.15) is 49.3 Å². The van der Waals surface area contributed by atoms with E-state index < -0.39 is 0 Å². The molecule has 0 radical (unpaired) electrons. The molecule has 0 spiro atoms. The average Bonchev–Trinajstić information content (AvgIpc) is 2.96. The molecule has 3 heterocycles. The molecule has 1 saturated heterocycles. The van der Waals surface area contributed by atoms with Crippen molar-refractivity contribution < 1.29 is 13.9 Å². The van der Waals surface area contributed by atoms with Crippen molar-refractivity contribution in [2.45, 2.75) is 45.3 Å². The Morgan fingerprint density at radius 2 is 1.82 bits per heavy atom. The number of carbonyl (C=O) groups is 1. The fourth-order valence-electron chi connectivity index (χ4n) is 3.70. The molecule has 2 unspecified atom stereocenters. The normalized spacial score (nSPS) is 19.7. The summed E-state index contributed by atoms with van der Waals surface area (Å²) in [6, 6.07) is 7.61. The van der Waals surface area contributed by atoms with Gasteiger partial charge in [0.15, 0.2) is 5.82 Å². The number of benzene rings is 1. The van der Waals surface area contributed by atoms with E-state index in [4.69, 9.17) is 4.74 Å². The number of amides is 1. The van der Waals surface area contributed by atoms with Gasteiger partial charge in [-0.25, -0.2) is 14.4 Å². The molecular weight excluding hydrogens is 421 g/mol. The van der Waals surface area contributed by atoms with Gasteiger partial charge < -0.3 is 15.4 Å². The molecule has 8 heteroatoms. The van der Waals surface area contributed by atoms with Crippen LogP contribution in [-0.4, -0.2) is 33.1 Å². The number of aromatic nitrogens is 3. The highest BCUT2D eigenvalue weighted by Gasteiger charge is 2.17. The van der Waals surface area contributed by atoms with E-state index in [-0.39, 0.29) is 23.9 Å². The molecule has 4 rings (SSSR count). The van der Waals surface area contributed by atoms with Crippen molar-refractivity contribution in [1.82, 2.24) is 15.0 Å². The van der Waals surface area contributed by atoms with Crippen molar-refractivity contribution in [3.05, 3.63) is 77.9 Å². The number of nitrogens with one attached hydrogen (secondary N) is 2. The first kappa shape index (κ1) is 22.5. The summed E-state index contributed by atoms with van der Waals surface area (Å²) in [5.41, 5.74) is 3.38. The first-order valence-electron chi connectivity index (χ1n) is 10.9. The Morgan fingerprint density at radius 1 is 1.06 bits per heavy atom. The molecule has 33 heavy (non-hydrogen) atoms. The largest absolute Gasteiger partial charge is 0.375 e. The molecule has 0 aliphatic carbocycles. The quantitative estimate of drug-likeness (QED) is 0.547. The number of halogens is 1. The summed E-state index contributed by atoms with van der Waals surface area (Å²) in [6.45, 7) is 4.16. The summed E-state index contributed by atoms with van der Waals surface area (Å²) in [5, 5.41) is 5.98. The van der Waals surface area contributed by atoms with E-state index >= 15 is 0 Å². The summed E-state index contributed by atoms with van der Waals surface area (Å²) < 4.78 is 19.0. The minimum absolute atomic E-state index is 0.164. The van der Waals surface area contributed by atoms with Crippen LogP contribution in [0.25, 0.3) is 6.08 Å². The maximum absolute atomic E-state index is 13.2. The number of anilines is 3. The maximum atomic E-state index is 13.2. The van der Waals surface area contributed by atoms with E-state index in [1.807, 2.05) is 6.08 Å². The fraction of sp³-hybridized carbons (Fsp3) is 0.280. The third-order valence-corrected chi connectivity index (χ3v) is 5.35. The number of rotatable bonds is 5. The molecule has 1 aliphatic rings. The molecule has 0 bridgehead atoms. The Balaban J connectivity index is 1.44. The van der Waals surface area contributed by atoms with E-state index in [1.165, 1.54) is 30.1 Å². The highest BCUT2D eigenvalue weighted by atomic mass is 19.1. The van der Waals surface area contributed by atoms with Gasteiger partial charge in [-0.2, -0.15) is 0 Å². The lowest BCUT2D eigenvalue weighted by Gasteiger charge is -2.13. The maximum Gasteiger partial charge on any atom is 0.258 e. The van der Waals surface area contributed by atoms with Gasteiger partial charge >= 0.3 is 0 Å². The molecule has 1 aromatic carbocycles. The van der Waals surface area contributed by atoms with Crippen LogP contribution in [0.15, 0.2) is 60.7 Å². The van der Waals surface area contributed by atoms with Crippen LogP contribution in [0, 0.1) is 5.82 Å². The highest BCUT2D eigenvalue weighted by Crippen LogP contribution is 2.26. The Hall–Kier alpha value is -3.65. The second-order valence-corrected chi connectivity index (χ2v) is 8.14. The lowest BCUT2D eigenvalue weighted by molar-refractivity contribution is 0.0146. The molecule has 1 fully saturated rings. The standard InChI is InChI=1S/C25H26FN5O2/c1-16-3-4-18(11-17(2)33-16)12-24-28-13-19(14-29-24)25(32)31-22-9-10-27-15-23(22)30-21-7-5-20(26)6-8-21/h5-10,12-17,30H,3-4,11H2,1-2H3,(H,27,31,32). The predicted octanol–water partition coefficient (Wildman–Crippen LogP) is 5.37. The van der Waals surface area contributed by atoms with Crippen LogP contribution in [-0.2, 0) is 4.74 Å². The zero-order valence-corrected chi connectivity index (χ0v) is 18.6. The zero-order chi connectivity index (χ0) is 23.2. The Labute approximate surface area is 192 Å². The summed E-state index contributed by atoms with van der Waals surface area (Å²) in [4.78, 5) is 25.6. The molecule has 7 nitrogen and oxygen atoms in total. The molecule has 1 amide bonds. The first-order chi connectivity index (χ1) is 16.0. The average molecular weight is 448 g/mol. The number of pyridine rings is 1. The number of carbonyl (C=O) groups excluding carboxylic acids is 1. The molecule has 2 N–H and O–H groups in total. The second kappa shape index (κ2) is 10.3. The Bertz CT molecular complexity index is 1130. The van der Waals surface area contributed by atoms with Crippen LogP contribution >= 0.6 is 0 Å². The monoisotopic (exact) mass is 447 g/mol. The summed E-state index contributed by atoms with van der Waals surface area (Å²) in [6.07, 6.45) is 11.4. The number of hydrogen-bond acceptors (Lipinski definition) is 6. The van der Waals surface area contributed by atoms with Gasteiger partial charge in [-0.1, -0.05) is 5.57 Å². The molecule has 3 aromatic rings. The third kappa shape index (κ3) is 6.20. The van der Waals surface area contributed by atoms with Crippen LogP contribution in [0.5, 0.6) is 0 Å². The Kier molecular flexibility index (Phi) is 7.04. The van der Waals surface area contributed by atoms with E-state index in [0.717, 1.165) is 19.3 Å². The number of hydrogen-bond donors (Lipinski definition) is 2. The van der Waals surface area contributed by atoms with Gasteiger partial charge in [-0.05, 0) is 69.5 Å². The van der Waals surface area contributed by atoms with Gasteiger partial charge in [-0.15, -0.1) is 0 Å². The summed E-state index contributed by atoms with van der Waals surface area (Å²) >= 11 is 0. The third-order valence-electron chi connectivity index (χ3n) is 5.35. The van der Waals surface area contributed by atoms with Gasteiger partial charge in [0.25, 0.3) is 5.91 Å². The highest BCUT2D eigenvalue weighted by molar-refractivity contribution is 6.05. The van der Waals surface area contributed by atoms with Crippen molar-refractivity contribution in [2.24, 2.45) is 0 Å². The van der Waals surface area contributed by atoms with E-state index in [0.29, 0.717) is 28.5 Å². The predicted molar refractivity (Wildman–Crippen MR) is 126 cm³/mol. The van der Waals surface area contributed by atoms with Crippen LogP contribution < -0.4 is 10.6 Å². The summed E-state index contributed by atoms with van der Waals surface area (Å²) in [5.74, 6) is -0.0884. The van der Waals surface area contributed by atoms with Gasteiger partial charge in [0, 0.05) is 24.3 Å². The van der Waals surface area contributed by atoms with Gasteiger partial charge in [0.1, 0.15) is 5.82 Å². The number of nitrogens with zero attached hydrogens (tertiary/aromatic N) is 3.